The molecule has 4 aromatic rings. The molecule has 10 heteroatoms. The smallest absolute Gasteiger partial charge is 0.350 e. The number of nitrogens with zero attached hydrogens (tertiary/aromatic N) is 4. The molecular formula is C21H17Cl2N5O2S. The van der Waals surface area contributed by atoms with Crippen molar-refractivity contribution in [3.8, 4) is 0 Å². The summed E-state index contributed by atoms with van der Waals surface area (Å²) in [4.78, 5) is 29.3. The Morgan fingerprint density at radius 2 is 1.65 bits per heavy atom. The van der Waals surface area contributed by atoms with Gasteiger partial charge in [0, 0.05) is 34.7 Å². The van der Waals surface area contributed by atoms with Gasteiger partial charge in [-0.05, 0) is 35.4 Å². The number of benzene rings is 2. The van der Waals surface area contributed by atoms with Crippen LogP contribution in [0.2, 0.25) is 10.0 Å². The average molecular weight is 474 g/mol. The van der Waals surface area contributed by atoms with Crippen LogP contribution in [0.4, 0.5) is 0 Å². The topological polar surface area (TPSA) is 81.3 Å². The van der Waals surface area contributed by atoms with E-state index in [2.05, 4.69) is 15.4 Å². The minimum Gasteiger partial charge on any atom is -0.350 e. The first kappa shape index (κ1) is 21.4. The van der Waals surface area contributed by atoms with Gasteiger partial charge in [-0.25, -0.2) is 18.9 Å². The molecule has 0 aliphatic heterocycles. The lowest BCUT2D eigenvalue weighted by Gasteiger charge is -2.05. The highest BCUT2D eigenvalue weighted by Gasteiger charge is 2.14. The Balaban J connectivity index is 1.46. The van der Waals surface area contributed by atoms with Crippen LogP contribution < -0.4 is 11.0 Å². The summed E-state index contributed by atoms with van der Waals surface area (Å²) < 4.78 is 2.53. The van der Waals surface area contributed by atoms with Crippen molar-refractivity contribution in [1.82, 2.24) is 24.5 Å². The molecule has 2 heterocycles. The highest BCUT2D eigenvalue weighted by molar-refractivity contribution is 7.98. The normalized spacial score (nSPS) is 11.0. The quantitative estimate of drug-likeness (QED) is 0.412. The van der Waals surface area contributed by atoms with E-state index in [1.165, 1.54) is 16.2 Å². The Hall–Kier alpha value is -2.81. The van der Waals surface area contributed by atoms with E-state index in [-0.39, 0.29) is 12.5 Å². The number of halogens is 2. The lowest BCUT2D eigenvalue weighted by Crippen LogP contribution is -2.32. The Bertz CT molecular complexity index is 1270. The van der Waals surface area contributed by atoms with Gasteiger partial charge in [0.15, 0.2) is 5.65 Å². The maximum absolute atomic E-state index is 12.7. The Morgan fingerprint density at radius 1 is 1.00 bits per heavy atom. The number of amides is 1. The zero-order valence-corrected chi connectivity index (χ0v) is 18.5. The van der Waals surface area contributed by atoms with Crippen LogP contribution in [0.3, 0.4) is 0 Å². The first-order chi connectivity index (χ1) is 15.0. The number of thioether (sulfide) groups is 1. The van der Waals surface area contributed by atoms with E-state index in [4.69, 9.17) is 23.2 Å². The number of rotatable bonds is 7. The fourth-order valence-electron chi connectivity index (χ4n) is 2.86. The summed E-state index contributed by atoms with van der Waals surface area (Å²) in [6, 6.07) is 14.7. The fraction of sp³-hybridized carbons (Fsp3) is 0.143. The molecule has 0 saturated carbocycles. The maximum Gasteiger partial charge on any atom is 0.350 e. The maximum atomic E-state index is 12.7. The average Bonchev–Trinajstić information content (AvgIpc) is 3.09. The predicted molar refractivity (Wildman–Crippen MR) is 122 cm³/mol. The molecular weight excluding hydrogens is 457 g/mol. The molecule has 0 fully saturated rings. The molecule has 4 rings (SSSR count). The van der Waals surface area contributed by atoms with E-state index in [1.54, 1.807) is 24.5 Å². The minimum absolute atomic E-state index is 0.185. The second kappa shape index (κ2) is 9.55. The fourth-order valence-corrected chi connectivity index (χ4v) is 4.01. The van der Waals surface area contributed by atoms with Crippen molar-refractivity contribution in [1.29, 1.82) is 0 Å². The van der Waals surface area contributed by atoms with Crippen LogP contribution in [0.5, 0.6) is 0 Å². The molecule has 31 heavy (non-hydrogen) atoms. The first-order valence-corrected chi connectivity index (χ1v) is 11.1. The first-order valence-electron chi connectivity index (χ1n) is 9.32. The third-order valence-electron chi connectivity index (χ3n) is 4.45. The summed E-state index contributed by atoms with van der Waals surface area (Å²) in [6.07, 6.45) is 3.09. The largest absolute Gasteiger partial charge is 0.350 e. The molecule has 0 aliphatic rings. The van der Waals surface area contributed by atoms with E-state index < -0.39 is 5.69 Å². The van der Waals surface area contributed by atoms with Crippen LogP contribution in [0.1, 0.15) is 11.1 Å². The second-order valence-corrected chi connectivity index (χ2v) is 8.52. The number of hydrogen-bond acceptors (Lipinski definition) is 5. The Morgan fingerprint density at radius 3 is 2.32 bits per heavy atom. The molecule has 2 aromatic heterocycles. The lowest BCUT2D eigenvalue weighted by atomic mass is 10.2. The minimum atomic E-state index is -0.396. The molecule has 7 nitrogen and oxygen atoms in total. The van der Waals surface area contributed by atoms with Crippen LogP contribution in [0, 0.1) is 0 Å². The lowest BCUT2D eigenvalue weighted by molar-refractivity contribution is -0.122. The van der Waals surface area contributed by atoms with Gasteiger partial charge in [0.25, 0.3) is 0 Å². The highest BCUT2D eigenvalue weighted by atomic mass is 35.5. The number of carbonyl (C=O) groups is 1. The summed E-state index contributed by atoms with van der Waals surface area (Å²) in [5.74, 6) is 0.329. The van der Waals surface area contributed by atoms with Gasteiger partial charge in [0.05, 0.1) is 0 Å². The molecule has 1 N–H and O–H groups in total. The Kier molecular flexibility index (Phi) is 6.60. The predicted octanol–water partition coefficient (Wildman–Crippen LogP) is 3.81. The van der Waals surface area contributed by atoms with Gasteiger partial charge in [0.2, 0.25) is 5.91 Å². The standard InChI is InChI=1S/C21H17Cl2N5O2S/c22-16-5-1-14(2-6-16)11-25-18(29)12-28-21(30)27-10-9-24-20(19(27)26-28)31-13-15-3-7-17(23)8-4-15/h1-10H,11-13H2,(H,25,29). The van der Waals surface area contributed by atoms with Gasteiger partial charge < -0.3 is 5.32 Å². The van der Waals surface area contributed by atoms with Crippen molar-refractivity contribution in [2.75, 3.05) is 0 Å². The van der Waals surface area contributed by atoms with Crippen LogP contribution in [-0.4, -0.2) is 25.1 Å². The van der Waals surface area contributed by atoms with Crippen LogP contribution in [-0.2, 0) is 23.6 Å². The number of hydrogen-bond donors (Lipinski definition) is 1. The van der Waals surface area contributed by atoms with Crippen molar-refractivity contribution >= 4 is 46.5 Å². The van der Waals surface area contributed by atoms with E-state index in [1.807, 2.05) is 36.4 Å². The molecule has 0 bridgehead atoms. The van der Waals surface area contributed by atoms with E-state index in [0.29, 0.717) is 33.0 Å². The molecule has 2 aromatic carbocycles. The monoisotopic (exact) mass is 473 g/mol. The molecule has 0 radical (unpaired) electrons. The van der Waals surface area contributed by atoms with Gasteiger partial charge in [-0.3, -0.25) is 4.79 Å². The van der Waals surface area contributed by atoms with E-state index in [0.717, 1.165) is 15.8 Å². The zero-order chi connectivity index (χ0) is 21.8. The van der Waals surface area contributed by atoms with Crippen molar-refractivity contribution < 1.29 is 4.79 Å². The summed E-state index contributed by atoms with van der Waals surface area (Å²) in [6.45, 7) is 0.150. The van der Waals surface area contributed by atoms with Crippen LogP contribution >= 0.6 is 35.0 Å². The number of carbonyl (C=O) groups excluding carboxylic acids is 1. The third-order valence-corrected chi connectivity index (χ3v) is 6.00. The van der Waals surface area contributed by atoms with Crippen molar-refractivity contribution in [3.63, 3.8) is 0 Å². The van der Waals surface area contributed by atoms with E-state index >= 15 is 0 Å². The number of nitrogens with one attached hydrogen (secondary N) is 1. The van der Waals surface area contributed by atoms with E-state index in [9.17, 15) is 9.59 Å². The summed E-state index contributed by atoms with van der Waals surface area (Å²) in [5, 5.41) is 9.02. The summed E-state index contributed by atoms with van der Waals surface area (Å²) >= 11 is 13.2. The van der Waals surface area contributed by atoms with Gasteiger partial charge in [0.1, 0.15) is 11.6 Å². The van der Waals surface area contributed by atoms with Crippen molar-refractivity contribution in [2.45, 2.75) is 23.9 Å². The third kappa shape index (κ3) is 5.28. The van der Waals surface area contributed by atoms with Gasteiger partial charge in [-0.1, -0.05) is 59.2 Å². The molecule has 0 unspecified atom stereocenters. The molecule has 0 spiro atoms. The molecule has 158 valence electrons. The SMILES string of the molecule is O=C(Cn1nc2c(SCc3ccc(Cl)cc3)nccn2c1=O)NCc1ccc(Cl)cc1. The molecule has 0 aliphatic carbocycles. The van der Waals surface area contributed by atoms with Gasteiger partial charge >= 0.3 is 5.69 Å². The second-order valence-electron chi connectivity index (χ2n) is 6.68. The molecule has 0 saturated heterocycles. The number of fused-ring (bicyclic) bond motifs is 1. The molecule has 0 atom stereocenters. The summed E-state index contributed by atoms with van der Waals surface area (Å²) in [5.41, 5.74) is 2.00. The van der Waals surface area contributed by atoms with Crippen molar-refractivity contribution in [2.24, 2.45) is 0 Å². The van der Waals surface area contributed by atoms with Crippen LogP contribution in [0.15, 0.2) is 70.7 Å². The Labute approximate surface area is 192 Å². The van der Waals surface area contributed by atoms with Gasteiger partial charge in [-0.2, -0.15) is 0 Å². The highest BCUT2D eigenvalue weighted by Crippen LogP contribution is 2.24. The molecule has 1 amide bonds. The number of aromatic nitrogens is 4. The zero-order valence-electron chi connectivity index (χ0n) is 16.2. The van der Waals surface area contributed by atoms with Crippen molar-refractivity contribution in [3.05, 3.63) is 92.6 Å². The summed E-state index contributed by atoms with van der Waals surface area (Å²) in [7, 11) is 0. The van der Waals surface area contributed by atoms with Gasteiger partial charge in [-0.15, -0.1) is 5.10 Å². The van der Waals surface area contributed by atoms with Crippen LogP contribution in [0.25, 0.3) is 5.65 Å².